The van der Waals surface area contributed by atoms with Crippen molar-refractivity contribution in [2.45, 2.75) is 13.5 Å². The Morgan fingerprint density at radius 1 is 1.36 bits per heavy atom. The van der Waals surface area contributed by atoms with Crippen LogP contribution in [0.1, 0.15) is 11.3 Å². The highest BCUT2D eigenvalue weighted by molar-refractivity contribution is 5.12. The largest absolute Gasteiger partial charge is 0.305 e. The molecule has 2 heteroatoms. The summed E-state index contributed by atoms with van der Waals surface area (Å²) >= 11 is 0. The lowest BCUT2D eigenvalue weighted by molar-refractivity contribution is 0.402. The van der Waals surface area contributed by atoms with E-state index in [4.69, 9.17) is 0 Å². The Bertz CT molecular complexity index is 214. The fraction of sp³-hybridized carbons (Fsp3) is 0.444. The molecule has 0 atom stereocenters. The van der Waals surface area contributed by atoms with Crippen molar-refractivity contribution in [3.05, 3.63) is 29.6 Å². The van der Waals surface area contributed by atoms with Crippen molar-refractivity contribution in [1.82, 2.24) is 9.88 Å². The quantitative estimate of drug-likeness (QED) is 0.634. The third-order valence-electron chi connectivity index (χ3n) is 1.47. The van der Waals surface area contributed by atoms with Crippen LogP contribution in [0.3, 0.4) is 0 Å². The van der Waals surface area contributed by atoms with E-state index in [2.05, 4.69) is 30.0 Å². The third kappa shape index (κ3) is 2.68. The Labute approximate surface area is 67.9 Å². The summed E-state index contributed by atoms with van der Waals surface area (Å²) in [7, 11) is 4.11. The number of aryl methyl sites for hydroxylation is 1. The number of aromatic nitrogens is 1. The number of nitrogens with zero attached hydrogens (tertiary/aromatic N) is 2. The Balaban J connectivity index is 2.66. The molecule has 0 saturated carbocycles. The Kier molecular flexibility index (Phi) is 2.60. The van der Waals surface area contributed by atoms with Crippen LogP contribution in [0.4, 0.5) is 0 Å². The molecule has 0 unspecified atom stereocenters. The highest BCUT2D eigenvalue weighted by Crippen LogP contribution is 2.00. The zero-order valence-corrected chi connectivity index (χ0v) is 7.33. The fourth-order valence-corrected chi connectivity index (χ4v) is 0.957. The first-order valence-corrected chi connectivity index (χ1v) is 3.75. The zero-order chi connectivity index (χ0) is 8.27. The molecule has 0 radical (unpaired) electrons. The number of pyridine rings is 1. The molecular formula is C9H14N2. The Morgan fingerprint density at radius 3 is 2.55 bits per heavy atom. The molecule has 0 bridgehead atoms. The predicted molar refractivity (Wildman–Crippen MR) is 46.4 cm³/mol. The van der Waals surface area contributed by atoms with Crippen LogP contribution < -0.4 is 0 Å². The second-order valence-electron chi connectivity index (χ2n) is 3.05. The van der Waals surface area contributed by atoms with Gasteiger partial charge in [-0.3, -0.25) is 4.98 Å². The van der Waals surface area contributed by atoms with Crippen molar-refractivity contribution in [2.75, 3.05) is 14.1 Å². The molecule has 0 saturated heterocycles. The zero-order valence-electron chi connectivity index (χ0n) is 7.33. The smallest absolute Gasteiger partial charge is 0.0372 e. The number of hydrogen-bond donors (Lipinski definition) is 0. The van der Waals surface area contributed by atoms with E-state index in [0.29, 0.717) is 0 Å². The molecule has 0 aromatic carbocycles. The van der Waals surface area contributed by atoms with Gasteiger partial charge in [0.2, 0.25) is 0 Å². The molecule has 0 aliphatic rings. The van der Waals surface area contributed by atoms with Crippen LogP contribution in [0.15, 0.2) is 18.3 Å². The van der Waals surface area contributed by atoms with Gasteiger partial charge < -0.3 is 4.90 Å². The van der Waals surface area contributed by atoms with Crippen LogP contribution in [-0.2, 0) is 6.54 Å². The third-order valence-corrected chi connectivity index (χ3v) is 1.47. The van der Waals surface area contributed by atoms with Crippen molar-refractivity contribution in [3.63, 3.8) is 0 Å². The summed E-state index contributed by atoms with van der Waals surface area (Å²) in [5.41, 5.74) is 2.34. The van der Waals surface area contributed by atoms with Crippen molar-refractivity contribution < 1.29 is 0 Å². The van der Waals surface area contributed by atoms with Gasteiger partial charge in [0.1, 0.15) is 0 Å². The predicted octanol–water partition coefficient (Wildman–Crippen LogP) is 1.45. The van der Waals surface area contributed by atoms with Gasteiger partial charge >= 0.3 is 0 Å². The van der Waals surface area contributed by atoms with Gasteiger partial charge in [0.15, 0.2) is 0 Å². The van der Waals surface area contributed by atoms with Crippen LogP contribution in [0, 0.1) is 6.92 Å². The summed E-state index contributed by atoms with van der Waals surface area (Å²) in [5.74, 6) is 0. The van der Waals surface area contributed by atoms with Gasteiger partial charge in [-0.05, 0) is 32.6 Å². The lowest BCUT2D eigenvalue weighted by Gasteiger charge is -2.08. The fourth-order valence-electron chi connectivity index (χ4n) is 0.957. The molecule has 1 aromatic heterocycles. The number of hydrogen-bond acceptors (Lipinski definition) is 2. The average molecular weight is 150 g/mol. The molecule has 2 nitrogen and oxygen atoms in total. The molecule has 1 aromatic rings. The summed E-state index contributed by atoms with van der Waals surface area (Å²) in [6, 6.07) is 4.15. The first-order chi connectivity index (χ1) is 5.18. The van der Waals surface area contributed by atoms with Gasteiger partial charge in [-0.15, -0.1) is 0 Å². The van der Waals surface area contributed by atoms with Crippen LogP contribution in [0.25, 0.3) is 0 Å². The van der Waals surface area contributed by atoms with Gasteiger partial charge in [-0.1, -0.05) is 6.07 Å². The normalized spacial score (nSPS) is 10.5. The van der Waals surface area contributed by atoms with Crippen LogP contribution in [0.2, 0.25) is 0 Å². The maximum absolute atomic E-state index is 4.21. The Hall–Kier alpha value is -0.890. The first kappa shape index (κ1) is 8.21. The second-order valence-corrected chi connectivity index (χ2v) is 3.05. The summed E-state index contributed by atoms with van der Waals surface area (Å²) < 4.78 is 0. The minimum Gasteiger partial charge on any atom is -0.305 e. The van der Waals surface area contributed by atoms with Gasteiger partial charge in [0, 0.05) is 18.4 Å². The average Bonchev–Trinajstić information content (AvgIpc) is 1.93. The van der Waals surface area contributed by atoms with Crippen molar-refractivity contribution in [3.8, 4) is 0 Å². The van der Waals surface area contributed by atoms with E-state index in [9.17, 15) is 0 Å². The molecule has 0 fully saturated rings. The molecular weight excluding hydrogens is 136 g/mol. The van der Waals surface area contributed by atoms with Crippen molar-refractivity contribution >= 4 is 0 Å². The van der Waals surface area contributed by atoms with Crippen molar-refractivity contribution in [2.24, 2.45) is 0 Å². The van der Waals surface area contributed by atoms with E-state index < -0.39 is 0 Å². The molecule has 0 amide bonds. The van der Waals surface area contributed by atoms with Gasteiger partial charge in [0.05, 0.1) is 0 Å². The molecule has 0 aliphatic carbocycles. The SMILES string of the molecule is Cc1ccc(CN(C)C)cn1. The van der Waals surface area contributed by atoms with Crippen LogP contribution in [0.5, 0.6) is 0 Å². The molecule has 11 heavy (non-hydrogen) atoms. The molecule has 0 spiro atoms. The summed E-state index contributed by atoms with van der Waals surface area (Å²) in [6.07, 6.45) is 1.93. The maximum Gasteiger partial charge on any atom is 0.0372 e. The molecule has 0 N–H and O–H groups in total. The van der Waals surface area contributed by atoms with E-state index in [-0.39, 0.29) is 0 Å². The van der Waals surface area contributed by atoms with Crippen LogP contribution >= 0.6 is 0 Å². The van der Waals surface area contributed by atoms with Gasteiger partial charge in [0.25, 0.3) is 0 Å². The van der Waals surface area contributed by atoms with E-state index in [0.717, 1.165) is 12.2 Å². The lowest BCUT2D eigenvalue weighted by Crippen LogP contribution is -2.10. The van der Waals surface area contributed by atoms with E-state index in [1.54, 1.807) is 0 Å². The topological polar surface area (TPSA) is 16.1 Å². The molecule has 1 rings (SSSR count). The minimum atomic E-state index is 0.966. The number of rotatable bonds is 2. The van der Waals surface area contributed by atoms with E-state index in [1.807, 2.05) is 19.2 Å². The highest BCUT2D eigenvalue weighted by Gasteiger charge is 1.93. The summed E-state index contributed by atoms with van der Waals surface area (Å²) in [6.45, 7) is 2.96. The molecule has 0 aliphatic heterocycles. The lowest BCUT2D eigenvalue weighted by atomic mass is 10.2. The standard InChI is InChI=1S/C9H14N2/c1-8-4-5-9(6-10-8)7-11(2)3/h4-6H,7H2,1-3H3. The van der Waals surface area contributed by atoms with Crippen LogP contribution in [-0.4, -0.2) is 24.0 Å². The molecule has 1 heterocycles. The minimum absolute atomic E-state index is 0.966. The first-order valence-electron chi connectivity index (χ1n) is 3.75. The maximum atomic E-state index is 4.21. The Morgan fingerprint density at radius 2 is 2.09 bits per heavy atom. The summed E-state index contributed by atoms with van der Waals surface area (Å²) in [5, 5.41) is 0. The van der Waals surface area contributed by atoms with Gasteiger partial charge in [-0.2, -0.15) is 0 Å². The van der Waals surface area contributed by atoms with Gasteiger partial charge in [-0.25, -0.2) is 0 Å². The van der Waals surface area contributed by atoms with Crippen molar-refractivity contribution in [1.29, 1.82) is 0 Å². The van der Waals surface area contributed by atoms with E-state index in [1.165, 1.54) is 5.56 Å². The monoisotopic (exact) mass is 150 g/mol. The summed E-state index contributed by atoms with van der Waals surface area (Å²) in [4.78, 5) is 6.34. The van der Waals surface area contributed by atoms with E-state index >= 15 is 0 Å². The molecule has 60 valence electrons. The second kappa shape index (κ2) is 3.49. The highest BCUT2D eigenvalue weighted by atomic mass is 15.0.